The second kappa shape index (κ2) is 9.84. The van der Waals surface area contributed by atoms with Gasteiger partial charge in [-0.1, -0.05) is 6.07 Å². The predicted molar refractivity (Wildman–Crippen MR) is 141 cm³/mol. The molecule has 3 aliphatic rings. The van der Waals surface area contributed by atoms with Gasteiger partial charge in [-0.3, -0.25) is 14.0 Å². The Morgan fingerprint density at radius 1 is 1.15 bits per heavy atom. The number of hydrogen-bond donors (Lipinski definition) is 0. The fourth-order valence-corrected chi connectivity index (χ4v) is 6.89. The smallest absolute Gasteiger partial charge is 0.410 e. The highest BCUT2D eigenvalue weighted by Gasteiger charge is 2.53. The summed E-state index contributed by atoms with van der Waals surface area (Å²) in [6.45, 7) is 2.66. The summed E-state index contributed by atoms with van der Waals surface area (Å²) < 4.78 is 20.3. The van der Waals surface area contributed by atoms with Gasteiger partial charge in [-0.05, 0) is 55.3 Å². The van der Waals surface area contributed by atoms with E-state index in [0.29, 0.717) is 24.3 Å². The third kappa shape index (κ3) is 4.34. The summed E-state index contributed by atoms with van der Waals surface area (Å²) in [5, 5.41) is -0.579. The van der Waals surface area contributed by atoms with Gasteiger partial charge in [-0.25, -0.2) is 23.9 Å². The lowest BCUT2D eigenvalue weighted by atomic mass is 9.90. The van der Waals surface area contributed by atoms with E-state index in [-0.39, 0.29) is 30.9 Å². The molecule has 0 spiro atoms. The fourth-order valence-electron chi connectivity index (χ4n) is 5.28. The zero-order valence-electron chi connectivity index (χ0n) is 20.9. The van der Waals surface area contributed by atoms with Crippen molar-refractivity contribution in [2.75, 3.05) is 24.6 Å². The minimum Gasteiger partial charge on any atom is -0.450 e. The monoisotopic (exact) mass is 549 g/mol. The number of benzene rings is 1. The first-order valence-electron chi connectivity index (χ1n) is 12.5. The van der Waals surface area contributed by atoms with E-state index >= 15 is 0 Å². The maximum Gasteiger partial charge on any atom is 0.410 e. The highest BCUT2D eigenvalue weighted by atomic mass is 32.2. The van der Waals surface area contributed by atoms with E-state index in [1.54, 1.807) is 36.2 Å². The minimum atomic E-state index is -0.654. The third-order valence-corrected chi connectivity index (χ3v) is 8.51. The van der Waals surface area contributed by atoms with Gasteiger partial charge in [0.15, 0.2) is 0 Å². The minimum absolute atomic E-state index is 0.0131. The first-order valence-corrected chi connectivity index (χ1v) is 13.4. The van der Waals surface area contributed by atoms with Gasteiger partial charge in [0.25, 0.3) is 5.56 Å². The number of halogens is 1. The van der Waals surface area contributed by atoms with Crippen LogP contribution in [0.4, 0.5) is 19.7 Å². The Bertz CT molecular complexity index is 1590. The quantitative estimate of drug-likeness (QED) is 0.490. The SMILES string of the molecule is CCOC(=O)N1CCC2=C(C1)SC1C2C(=O)N(c2ccc(F)cc2)C(=O)N1Cc1cc(=O)n2ccccc2n1. The Labute approximate surface area is 226 Å². The second-order valence-corrected chi connectivity index (χ2v) is 10.6. The molecule has 2 atom stereocenters. The molecule has 200 valence electrons. The van der Waals surface area contributed by atoms with E-state index in [0.717, 1.165) is 15.4 Å². The van der Waals surface area contributed by atoms with Crippen molar-refractivity contribution in [2.45, 2.75) is 25.3 Å². The number of carbonyl (C=O) groups is 3. The second-order valence-electron chi connectivity index (χ2n) is 9.38. The molecule has 4 amide bonds. The van der Waals surface area contributed by atoms with Gasteiger partial charge in [0.05, 0.1) is 42.4 Å². The number of aromatic nitrogens is 2. The first kappa shape index (κ1) is 25.1. The molecular formula is C27H24FN5O5S. The standard InChI is InChI=1S/C27H24FN5O5S/c1-2-38-27(37)30-12-10-19-20(15-30)39-25-23(19)24(35)33(18-8-6-16(28)7-9-18)26(36)32(25)14-17-13-22(34)31-11-4-3-5-21(31)29-17/h3-9,11,13,23,25H,2,10,12,14-15H2,1H3. The van der Waals surface area contributed by atoms with Crippen LogP contribution in [0.5, 0.6) is 0 Å². The lowest BCUT2D eigenvalue weighted by molar-refractivity contribution is -0.122. The molecule has 1 fully saturated rings. The van der Waals surface area contributed by atoms with Crippen LogP contribution < -0.4 is 10.5 Å². The Kier molecular flexibility index (Phi) is 6.34. The van der Waals surface area contributed by atoms with E-state index in [2.05, 4.69) is 4.98 Å². The summed E-state index contributed by atoms with van der Waals surface area (Å²) in [6, 6.07) is 11.2. The van der Waals surface area contributed by atoms with Crippen molar-refractivity contribution in [1.29, 1.82) is 0 Å². The fraction of sp³-hybridized carbons (Fsp3) is 0.296. The van der Waals surface area contributed by atoms with Crippen molar-refractivity contribution in [3.8, 4) is 0 Å². The van der Waals surface area contributed by atoms with Crippen molar-refractivity contribution < 1.29 is 23.5 Å². The number of rotatable bonds is 4. The molecule has 2 unspecified atom stereocenters. The lowest BCUT2D eigenvalue weighted by Crippen LogP contribution is -2.60. The summed E-state index contributed by atoms with van der Waals surface area (Å²) in [5.41, 5.74) is 1.67. The summed E-state index contributed by atoms with van der Waals surface area (Å²) in [6.07, 6.45) is 1.65. The number of ether oxygens (including phenoxy) is 1. The Balaban J connectivity index is 1.39. The van der Waals surface area contributed by atoms with Crippen molar-refractivity contribution >= 4 is 41.1 Å². The normalized spacial score (nSPS) is 20.9. The van der Waals surface area contributed by atoms with Crippen molar-refractivity contribution in [2.24, 2.45) is 5.92 Å². The van der Waals surface area contributed by atoms with Gasteiger partial charge in [0.2, 0.25) is 5.91 Å². The maximum atomic E-state index is 13.9. The molecule has 3 aliphatic heterocycles. The van der Waals surface area contributed by atoms with E-state index in [1.165, 1.54) is 51.4 Å². The summed E-state index contributed by atoms with van der Waals surface area (Å²) in [4.78, 5) is 62.5. The molecule has 1 saturated heterocycles. The molecule has 0 aliphatic carbocycles. The zero-order valence-corrected chi connectivity index (χ0v) is 21.8. The van der Waals surface area contributed by atoms with Crippen LogP contribution in [0.2, 0.25) is 0 Å². The van der Waals surface area contributed by atoms with Gasteiger partial charge < -0.3 is 14.5 Å². The number of hydrogen-bond acceptors (Lipinski definition) is 7. The number of pyridine rings is 1. The molecule has 39 heavy (non-hydrogen) atoms. The first-order chi connectivity index (χ1) is 18.9. The topological polar surface area (TPSA) is 105 Å². The third-order valence-electron chi connectivity index (χ3n) is 7.07. The highest BCUT2D eigenvalue weighted by molar-refractivity contribution is 8.04. The maximum absolute atomic E-state index is 13.9. The van der Waals surface area contributed by atoms with E-state index in [1.807, 2.05) is 0 Å². The predicted octanol–water partition coefficient (Wildman–Crippen LogP) is 3.61. The number of amides is 4. The number of urea groups is 1. The van der Waals surface area contributed by atoms with Crippen molar-refractivity contribution in [3.63, 3.8) is 0 Å². The molecule has 12 heteroatoms. The van der Waals surface area contributed by atoms with E-state index < -0.39 is 35.1 Å². The molecule has 0 saturated carbocycles. The van der Waals surface area contributed by atoms with Crippen molar-refractivity contribution in [1.82, 2.24) is 19.2 Å². The van der Waals surface area contributed by atoms with Crippen LogP contribution in [0.15, 0.2) is 70.0 Å². The van der Waals surface area contributed by atoms with E-state index in [4.69, 9.17) is 4.74 Å². The van der Waals surface area contributed by atoms with E-state index in [9.17, 15) is 23.6 Å². The van der Waals surface area contributed by atoms with Gasteiger partial charge in [0, 0.05) is 23.7 Å². The van der Waals surface area contributed by atoms with Gasteiger partial charge >= 0.3 is 12.1 Å². The Morgan fingerprint density at radius 3 is 2.72 bits per heavy atom. The number of carbonyl (C=O) groups excluding carboxylic acids is 3. The summed E-state index contributed by atoms with van der Waals surface area (Å²) in [7, 11) is 0. The highest BCUT2D eigenvalue weighted by Crippen LogP contribution is 2.50. The van der Waals surface area contributed by atoms with Crippen molar-refractivity contribution in [3.05, 3.63) is 87.1 Å². The number of nitrogens with zero attached hydrogens (tertiary/aromatic N) is 5. The molecule has 1 aromatic carbocycles. The van der Waals surface area contributed by atoms with Crippen LogP contribution >= 0.6 is 11.8 Å². The van der Waals surface area contributed by atoms with Crippen LogP contribution in [-0.4, -0.2) is 62.3 Å². The van der Waals surface area contributed by atoms with Crippen LogP contribution in [0.1, 0.15) is 19.0 Å². The zero-order chi connectivity index (χ0) is 27.3. The molecule has 2 aromatic heterocycles. The van der Waals surface area contributed by atoms with Crippen LogP contribution in [-0.2, 0) is 16.1 Å². The van der Waals surface area contributed by atoms with Gasteiger partial charge in [-0.2, -0.15) is 0 Å². The average Bonchev–Trinajstić information content (AvgIpc) is 3.31. The molecule has 0 radical (unpaired) electrons. The lowest BCUT2D eigenvalue weighted by Gasteiger charge is -2.42. The Hall–Kier alpha value is -4.19. The molecular weight excluding hydrogens is 525 g/mol. The largest absolute Gasteiger partial charge is 0.450 e. The molecule has 6 rings (SSSR count). The van der Waals surface area contributed by atoms with Gasteiger partial charge in [-0.15, -0.1) is 11.8 Å². The number of anilines is 1. The summed E-state index contributed by atoms with van der Waals surface area (Å²) >= 11 is 1.38. The molecule has 0 bridgehead atoms. The van der Waals surface area contributed by atoms with Gasteiger partial charge in [0.1, 0.15) is 11.5 Å². The number of fused-ring (bicyclic) bond motifs is 3. The van der Waals surface area contributed by atoms with Crippen LogP contribution in [0, 0.1) is 11.7 Å². The molecule has 5 heterocycles. The number of thioether (sulfide) groups is 1. The van der Waals surface area contributed by atoms with Crippen LogP contribution in [0.3, 0.4) is 0 Å². The molecule has 3 aromatic rings. The molecule has 10 nitrogen and oxygen atoms in total. The Morgan fingerprint density at radius 2 is 1.95 bits per heavy atom. The van der Waals surface area contributed by atoms with Crippen LogP contribution in [0.25, 0.3) is 5.65 Å². The summed E-state index contributed by atoms with van der Waals surface area (Å²) in [5.74, 6) is -1.54. The number of imide groups is 1. The average molecular weight is 550 g/mol. The molecule has 0 N–H and O–H groups in total.